The van der Waals surface area contributed by atoms with Crippen molar-refractivity contribution in [1.29, 1.82) is 0 Å². The molecule has 64 heavy (non-hydrogen) atoms. The maximum Gasteiger partial charge on any atom is 0.333 e. The van der Waals surface area contributed by atoms with Gasteiger partial charge in [-0.3, -0.25) is 0 Å². The van der Waals surface area contributed by atoms with Gasteiger partial charge in [0.15, 0.2) is 5.58 Å². The lowest BCUT2D eigenvalue weighted by molar-refractivity contribution is 0.590. The first-order chi connectivity index (χ1) is 31.0. The number of fused-ring (bicyclic) bond motifs is 12. The molecular formula is C58H45BN2OS2. The average molecular weight is 861 g/mol. The van der Waals surface area contributed by atoms with Crippen LogP contribution in [0.15, 0.2) is 168 Å². The molecule has 0 amide bonds. The molecule has 0 N–H and O–H groups in total. The van der Waals surface area contributed by atoms with Crippen molar-refractivity contribution < 1.29 is 4.42 Å². The fraction of sp³-hybridized carbons (Fsp3) is 0.138. The predicted octanol–water partition coefficient (Wildman–Crippen LogP) is 16.1. The molecule has 308 valence electrons. The minimum Gasteiger partial charge on any atom is -0.454 e. The van der Waals surface area contributed by atoms with E-state index in [1.807, 2.05) is 22.7 Å². The normalized spacial score (nSPS) is 13.7. The van der Waals surface area contributed by atoms with E-state index in [1.54, 1.807) is 0 Å². The monoisotopic (exact) mass is 860 g/mol. The molecule has 0 aliphatic carbocycles. The van der Waals surface area contributed by atoms with Gasteiger partial charge in [0.2, 0.25) is 0 Å². The zero-order valence-electron chi connectivity index (χ0n) is 36.8. The van der Waals surface area contributed by atoms with Crippen LogP contribution in [0.1, 0.15) is 52.7 Å². The third-order valence-corrected chi connectivity index (χ3v) is 15.8. The van der Waals surface area contributed by atoms with Crippen molar-refractivity contribution in [3.8, 4) is 22.3 Å². The summed E-state index contributed by atoms with van der Waals surface area (Å²) in [7, 11) is 0. The number of furan rings is 1. The average Bonchev–Trinajstić information content (AvgIpc) is 4.02. The van der Waals surface area contributed by atoms with Crippen LogP contribution in [0, 0.1) is 0 Å². The Kier molecular flexibility index (Phi) is 7.98. The van der Waals surface area contributed by atoms with Crippen LogP contribution in [-0.4, -0.2) is 6.85 Å². The highest BCUT2D eigenvalue weighted by Crippen LogP contribution is 2.54. The highest BCUT2D eigenvalue weighted by atomic mass is 32.1. The van der Waals surface area contributed by atoms with Gasteiger partial charge in [-0.15, -0.1) is 22.7 Å². The van der Waals surface area contributed by atoms with Crippen molar-refractivity contribution in [2.75, 3.05) is 9.71 Å². The molecule has 8 aromatic carbocycles. The highest BCUT2D eigenvalue weighted by molar-refractivity contribution is 7.25. The number of hydrogen-bond donors (Lipinski definition) is 0. The summed E-state index contributed by atoms with van der Waals surface area (Å²) in [6.45, 7) is 13.7. The zero-order valence-corrected chi connectivity index (χ0v) is 38.4. The number of para-hydroxylation sites is 1. The first-order valence-corrected chi connectivity index (χ1v) is 24.0. The molecule has 0 radical (unpaired) electrons. The third-order valence-electron chi connectivity index (χ3n) is 13.8. The molecule has 0 atom stereocenters. The minimum absolute atomic E-state index is 0.0238. The Morgan fingerprint density at radius 1 is 0.516 bits per heavy atom. The smallest absolute Gasteiger partial charge is 0.333 e. The van der Waals surface area contributed by atoms with E-state index >= 15 is 0 Å². The van der Waals surface area contributed by atoms with Crippen LogP contribution in [0.5, 0.6) is 0 Å². The second-order valence-electron chi connectivity index (χ2n) is 19.7. The molecule has 13 rings (SSSR count). The SMILES string of the molecule is CC(C)(C)c1ccc(N2B3c4cc5sccc5cc4N(c4ccc(C(C)(C)C)cc4-c4ccccc4)c4c3c(cc3c4oc4ccccc43)-c3cc4c(cc32)sc2ccccc24)cc1. The molecule has 6 heteroatoms. The quantitative estimate of drug-likeness (QED) is 0.165. The van der Waals surface area contributed by atoms with Crippen molar-refractivity contribution in [2.45, 2.75) is 52.4 Å². The summed E-state index contributed by atoms with van der Waals surface area (Å²) in [5.41, 5.74) is 17.6. The second kappa shape index (κ2) is 13.5. The molecule has 11 aromatic rings. The highest BCUT2D eigenvalue weighted by Gasteiger charge is 2.47. The van der Waals surface area contributed by atoms with Gasteiger partial charge in [-0.1, -0.05) is 126 Å². The molecule has 0 unspecified atom stereocenters. The van der Waals surface area contributed by atoms with E-state index < -0.39 is 0 Å². The van der Waals surface area contributed by atoms with Gasteiger partial charge < -0.3 is 14.1 Å². The number of benzene rings is 8. The standard InChI is InChI=1S/C58H45BN2OS2/c1-57(2,3)36-20-23-38(24-21-36)61-48-33-53-43(40-17-11-13-19-51(40)64-53)30-42(48)44-31-45-39-16-10-12-18-50(39)62-56(45)55-54(44)59(61)46-32-52-35(26-27-63-52)28-49(46)60(55)47-25-22-37(58(4,5)6)29-41(47)34-14-8-7-9-15-34/h7-33H,1-6H3. The Balaban J connectivity index is 1.22. The fourth-order valence-electron chi connectivity index (χ4n) is 10.6. The Labute approximate surface area is 381 Å². The lowest BCUT2D eigenvalue weighted by Crippen LogP contribution is -2.61. The van der Waals surface area contributed by atoms with Gasteiger partial charge in [0.25, 0.3) is 0 Å². The van der Waals surface area contributed by atoms with Crippen LogP contribution in [0.4, 0.5) is 28.4 Å². The molecular weight excluding hydrogens is 816 g/mol. The molecule has 3 nitrogen and oxygen atoms in total. The molecule has 0 saturated carbocycles. The van der Waals surface area contributed by atoms with Gasteiger partial charge in [-0.25, -0.2) is 0 Å². The van der Waals surface area contributed by atoms with Crippen LogP contribution >= 0.6 is 22.7 Å². The fourth-order valence-corrected chi connectivity index (χ4v) is 12.5. The van der Waals surface area contributed by atoms with E-state index in [1.165, 1.54) is 91.6 Å². The third kappa shape index (κ3) is 5.52. The molecule has 3 aromatic heterocycles. The van der Waals surface area contributed by atoms with Crippen molar-refractivity contribution in [1.82, 2.24) is 0 Å². The second-order valence-corrected chi connectivity index (χ2v) is 21.8. The molecule has 5 heterocycles. The van der Waals surface area contributed by atoms with Crippen LogP contribution in [0.2, 0.25) is 0 Å². The minimum atomic E-state index is -0.158. The lowest BCUT2D eigenvalue weighted by Gasteiger charge is -2.46. The van der Waals surface area contributed by atoms with Gasteiger partial charge >= 0.3 is 6.85 Å². The van der Waals surface area contributed by atoms with Gasteiger partial charge in [-0.05, 0) is 128 Å². The van der Waals surface area contributed by atoms with E-state index in [0.717, 1.165) is 33.3 Å². The number of hydrogen-bond acceptors (Lipinski definition) is 5. The summed E-state index contributed by atoms with van der Waals surface area (Å²) in [5.74, 6) is 0. The summed E-state index contributed by atoms with van der Waals surface area (Å²) in [6.07, 6.45) is 0. The Hall–Kier alpha value is -6.60. The van der Waals surface area contributed by atoms with Crippen molar-refractivity contribution >= 4 is 121 Å². The first kappa shape index (κ1) is 37.9. The maximum absolute atomic E-state index is 7.23. The van der Waals surface area contributed by atoms with Gasteiger partial charge in [-0.2, -0.15) is 0 Å². The van der Waals surface area contributed by atoms with E-state index in [-0.39, 0.29) is 17.7 Å². The van der Waals surface area contributed by atoms with Crippen molar-refractivity contribution in [3.63, 3.8) is 0 Å². The summed E-state index contributed by atoms with van der Waals surface area (Å²) in [6, 6.07) is 59.6. The van der Waals surface area contributed by atoms with Crippen molar-refractivity contribution in [2.24, 2.45) is 0 Å². The van der Waals surface area contributed by atoms with Gasteiger partial charge in [0.05, 0.1) is 11.4 Å². The number of thiophene rings is 2. The largest absolute Gasteiger partial charge is 0.454 e. The van der Waals surface area contributed by atoms with Gasteiger partial charge in [0, 0.05) is 63.8 Å². The van der Waals surface area contributed by atoms with Crippen LogP contribution in [0.25, 0.3) is 74.5 Å². The molecule has 0 fully saturated rings. The van der Waals surface area contributed by atoms with E-state index in [4.69, 9.17) is 4.42 Å². The summed E-state index contributed by atoms with van der Waals surface area (Å²) in [5, 5.41) is 8.33. The Bertz CT molecular complexity index is 3710. The van der Waals surface area contributed by atoms with E-state index in [0.29, 0.717) is 0 Å². The maximum atomic E-state index is 7.23. The first-order valence-electron chi connectivity index (χ1n) is 22.3. The van der Waals surface area contributed by atoms with E-state index in [2.05, 4.69) is 214 Å². The molecule has 2 aliphatic heterocycles. The number of anilines is 5. The van der Waals surface area contributed by atoms with E-state index in [9.17, 15) is 0 Å². The topological polar surface area (TPSA) is 19.6 Å². The Morgan fingerprint density at radius 2 is 1.23 bits per heavy atom. The summed E-state index contributed by atoms with van der Waals surface area (Å²) < 4.78 is 11.1. The van der Waals surface area contributed by atoms with Gasteiger partial charge in [0.1, 0.15) is 5.58 Å². The molecule has 0 bridgehead atoms. The number of rotatable bonds is 3. The summed E-state index contributed by atoms with van der Waals surface area (Å²) in [4.78, 5) is 5.23. The van der Waals surface area contributed by atoms with Crippen LogP contribution in [-0.2, 0) is 10.8 Å². The zero-order chi connectivity index (χ0) is 43.2. The lowest BCUT2D eigenvalue weighted by atomic mass is 9.43. The van der Waals surface area contributed by atoms with Crippen molar-refractivity contribution in [3.05, 3.63) is 174 Å². The molecule has 0 saturated heterocycles. The van der Waals surface area contributed by atoms with Crippen LogP contribution < -0.4 is 20.6 Å². The summed E-state index contributed by atoms with van der Waals surface area (Å²) >= 11 is 3.71. The predicted molar refractivity (Wildman–Crippen MR) is 279 cm³/mol. The van der Waals surface area contributed by atoms with Crippen LogP contribution in [0.3, 0.4) is 0 Å². The number of nitrogens with zero attached hydrogens (tertiary/aromatic N) is 2. The molecule has 0 spiro atoms. The Morgan fingerprint density at radius 3 is 2.03 bits per heavy atom. The molecule has 2 aliphatic rings.